The zero-order chi connectivity index (χ0) is 15.5. The van der Waals surface area contributed by atoms with Crippen LogP contribution in [0.5, 0.6) is 5.75 Å². The van der Waals surface area contributed by atoms with Gasteiger partial charge in [-0.25, -0.2) is 0 Å². The number of hydrogen-bond donors (Lipinski definition) is 1. The summed E-state index contributed by atoms with van der Waals surface area (Å²) in [5, 5.41) is 0. The van der Waals surface area contributed by atoms with Crippen molar-refractivity contribution < 1.29 is 17.9 Å². The molecule has 2 rings (SSSR count). The standard InChI is InChI=1S/C16H16F3NO/c1-11(20)14-7-2-3-8-15(14)21-10-12-5-4-6-13(9-12)16(17,18)19/h2-9,11H,10,20H2,1H3/t11-/m1/s1. The third-order valence-corrected chi connectivity index (χ3v) is 3.06. The Morgan fingerprint density at radius 2 is 1.81 bits per heavy atom. The van der Waals surface area contributed by atoms with Gasteiger partial charge >= 0.3 is 6.18 Å². The summed E-state index contributed by atoms with van der Waals surface area (Å²) in [4.78, 5) is 0. The van der Waals surface area contributed by atoms with Gasteiger partial charge < -0.3 is 10.5 Å². The van der Waals surface area contributed by atoms with Gasteiger partial charge in [0.25, 0.3) is 0 Å². The van der Waals surface area contributed by atoms with E-state index in [1.807, 2.05) is 19.1 Å². The van der Waals surface area contributed by atoms with Crippen LogP contribution in [-0.2, 0) is 12.8 Å². The van der Waals surface area contributed by atoms with E-state index in [-0.39, 0.29) is 12.6 Å². The molecule has 1 atom stereocenters. The lowest BCUT2D eigenvalue weighted by atomic mass is 10.1. The lowest BCUT2D eigenvalue weighted by Crippen LogP contribution is -2.09. The highest BCUT2D eigenvalue weighted by molar-refractivity contribution is 5.36. The van der Waals surface area contributed by atoms with Crippen LogP contribution in [0.2, 0.25) is 0 Å². The van der Waals surface area contributed by atoms with Crippen molar-refractivity contribution in [2.24, 2.45) is 5.73 Å². The molecule has 2 nitrogen and oxygen atoms in total. The number of hydrogen-bond acceptors (Lipinski definition) is 2. The Kier molecular flexibility index (Phi) is 4.53. The van der Waals surface area contributed by atoms with Gasteiger partial charge in [0.1, 0.15) is 12.4 Å². The summed E-state index contributed by atoms with van der Waals surface area (Å²) in [5.41, 5.74) is 6.45. The molecule has 0 aliphatic rings. The molecule has 0 bridgehead atoms. The molecule has 2 N–H and O–H groups in total. The first-order valence-corrected chi connectivity index (χ1v) is 6.51. The second kappa shape index (κ2) is 6.18. The number of nitrogens with two attached hydrogens (primary N) is 1. The highest BCUT2D eigenvalue weighted by Crippen LogP contribution is 2.30. The molecule has 0 aromatic heterocycles. The second-order valence-corrected chi connectivity index (χ2v) is 4.81. The van der Waals surface area contributed by atoms with Crippen molar-refractivity contribution in [3.8, 4) is 5.75 Å². The summed E-state index contributed by atoms with van der Waals surface area (Å²) >= 11 is 0. The third kappa shape index (κ3) is 3.98. The van der Waals surface area contributed by atoms with Crippen molar-refractivity contribution in [2.75, 3.05) is 0 Å². The molecule has 112 valence electrons. The van der Waals surface area contributed by atoms with E-state index in [2.05, 4.69) is 0 Å². The maximum atomic E-state index is 12.6. The molecule has 0 saturated carbocycles. The molecule has 0 heterocycles. The predicted octanol–water partition coefficient (Wildman–Crippen LogP) is 4.30. The number of para-hydroxylation sites is 1. The van der Waals surface area contributed by atoms with Crippen LogP contribution in [0.25, 0.3) is 0 Å². The monoisotopic (exact) mass is 295 g/mol. The van der Waals surface area contributed by atoms with Crippen molar-refractivity contribution in [1.82, 2.24) is 0 Å². The van der Waals surface area contributed by atoms with Crippen LogP contribution in [0.1, 0.15) is 29.7 Å². The number of alkyl halides is 3. The topological polar surface area (TPSA) is 35.2 Å². The maximum Gasteiger partial charge on any atom is 0.416 e. The van der Waals surface area contributed by atoms with Gasteiger partial charge in [0.2, 0.25) is 0 Å². The Labute approximate surface area is 121 Å². The minimum atomic E-state index is -4.35. The quantitative estimate of drug-likeness (QED) is 0.912. The summed E-state index contributed by atoms with van der Waals surface area (Å²) < 4.78 is 43.5. The third-order valence-electron chi connectivity index (χ3n) is 3.06. The average Bonchev–Trinajstić information content (AvgIpc) is 2.45. The molecule has 0 aliphatic heterocycles. The predicted molar refractivity (Wildman–Crippen MR) is 74.8 cm³/mol. The average molecular weight is 295 g/mol. The van der Waals surface area contributed by atoms with Crippen molar-refractivity contribution in [3.63, 3.8) is 0 Å². The van der Waals surface area contributed by atoms with Gasteiger partial charge in [-0.1, -0.05) is 30.3 Å². The molecule has 2 aromatic rings. The zero-order valence-electron chi connectivity index (χ0n) is 11.5. The molecule has 2 aromatic carbocycles. The lowest BCUT2D eigenvalue weighted by molar-refractivity contribution is -0.137. The molecule has 0 aliphatic carbocycles. The van der Waals surface area contributed by atoms with Gasteiger partial charge in [0.05, 0.1) is 5.56 Å². The van der Waals surface area contributed by atoms with Crippen molar-refractivity contribution in [1.29, 1.82) is 0 Å². The van der Waals surface area contributed by atoms with E-state index < -0.39 is 11.7 Å². The van der Waals surface area contributed by atoms with Crippen molar-refractivity contribution >= 4 is 0 Å². The lowest BCUT2D eigenvalue weighted by Gasteiger charge is -2.14. The van der Waals surface area contributed by atoms with Gasteiger partial charge in [-0.2, -0.15) is 13.2 Å². The van der Waals surface area contributed by atoms with E-state index in [9.17, 15) is 13.2 Å². The number of rotatable bonds is 4. The minimum absolute atomic E-state index is 0.0631. The zero-order valence-corrected chi connectivity index (χ0v) is 11.5. The van der Waals surface area contributed by atoms with E-state index in [4.69, 9.17) is 10.5 Å². The van der Waals surface area contributed by atoms with E-state index in [0.29, 0.717) is 11.3 Å². The first-order chi connectivity index (χ1) is 9.88. The molecular weight excluding hydrogens is 279 g/mol. The first kappa shape index (κ1) is 15.4. The van der Waals surface area contributed by atoms with Gasteiger partial charge in [-0.3, -0.25) is 0 Å². The Hall–Kier alpha value is -2.01. The second-order valence-electron chi connectivity index (χ2n) is 4.81. The minimum Gasteiger partial charge on any atom is -0.489 e. The van der Waals surface area contributed by atoms with E-state index >= 15 is 0 Å². The summed E-state index contributed by atoms with van der Waals surface area (Å²) in [6, 6.07) is 12.1. The van der Waals surface area contributed by atoms with Gasteiger partial charge in [0.15, 0.2) is 0 Å². The summed E-state index contributed by atoms with van der Waals surface area (Å²) in [5.74, 6) is 0.588. The van der Waals surface area contributed by atoms with E-state index in [0.717, 1.165) is 17.7 Å². The molecule has 0 radical (unpaired) electrons. The molecule has 0 unspecified atom stereocenters. The fraction of sp³-hybridized carbons (Fsp3) is 0.250. The first-order valence-electron chi connectivity index (χ1n) is 6.51. The summed E-state index contributed by atoms with van der Waals surface area (Å²) in [7, 11) is 0. The van der Waals surface area contributed by atoms with Crippen LogP contribution in [0.15, 0.2) is 48.5 Å². The smallest absolute Gasteiger partial charge is 0.416 e. The van der Waals surface area contributed by atoms with Crippen molar-refractivity contribution in [3.05, 3.63) is 65.2 Å². The molecule has 5 heteroatoms. The Bertz CT molecular complexity index is 608. The summed E-state index contributed by atoms with van der Waals surface area (Å²) in [6.07, 6.45) is -4.35. The van der Waals surface area contributed by atoms with Gasteiger partial charge in [-0.15, -0.1) is 0 Å². The van der Waals surface area contributed by atoms with Crippen LogP contribution >= 0.6 is 0 Å². The molecule has 21 heavy (non-hydrogen) atoms. The normalized spacial score (nSPS) is 13.0. The maximum absolute atomic E-state index is 12.6. The van der Waals surface area contributed by atoms with E-state index in [1.54, 1.807) is 18.2 Å². The Morgan fingerprint density at radius 1 is 1.10 bits per heavy atom. The molecular formula is C16H16F3NO. The Balaban J connectivity index is 2.14. The fourth-order valence-electron chi connectivity index (χ4n) is 1.99. The number of benzene rings is 2. The highest BCUT2D eigenvalue weighted by atomic mass is 19.4. The van der Waals surface area contributed by atoms with Crippen LogP contribution in [0.3, 0.4) is 0 Å². The van der Waals surface area contributed by atoms with E-state index in [1.165, 1.54) is 6.07 Å². The molecule has 0 amide bonds. The summed E-state index contributed by atoms with van der Waals surface area (Å²) in [6.45, 7) is 1.89. The van der Waals surface area contributed by atoms with Crippen molar-refractivity contribution in [2.45, 2.75) is 25.7 Å². The fourth-order valence-corrected chi connectivity index (χ4v) is 1.99. The van der Waals surface area contributed by atoms with Gasteiger partial charge in [0, 0.05) is 11.6 Å². The van der Waals surface area contributed by atoms with Crippen LogP contribution in [-0.4, -0.2) is 0 Å². The number of ether oxygens (including phenoxy) is 1. The molecule has 0 spiro atoms. The largest absolute Gasteiger partial charge is 0.489 e. The number of halogens is 3. The van der Waals surface area contributed by atoms with Crippen LogP contribution in [0.4, 0.5) is 13.2 Å². The van der Waals surface area contributed by atoms with Crippen LogP contribution < -0.4 is 10.5 Å². The van der Waals surface area contributed by atoms with Crippen LogP contribution in [0, 0.1) is 0 Å². The highest BCUT2D eigenvalue weighted by Gasteiger charge is 2.30. The Morgan fingerprint density at radius 3 is 2.48 bits per heavy atom. The SMILES string of the molecule is C[C@@H](N)c1ccccc1OCc1cccc(C(F)(F)F)c1. The molecule has 0 saturated heterocycles. The molecule has 0 fully saturated rings. The van der Waals surface area contributed by atoms with Gasteiger partial charge in [-0.05, 0) is 30.7 Å².